The van der Waals surface area contributed by atoms with E-state index >= 15 is 0 Å². The van der Waals surface area contributed by atoms with Crippen LogP contribution in [0, 0.1) is 0 Å². The van der Waals surface area contributed by atoms with Gasteiger partial charge in [-0.3, -0.25) is 9.59 Å². The number of hydrogen-bond acceptors (Lipinski definition) is 7. The van der Waals surface area contributed by atoms with Crippen molar-refractivity contribution in [2.75, 3.05) is 52.6 Å². The van der Waals surface area contributed by atoms with Gasteiger partial charge in [0, 0.05) is 30.0 Å². The zero-order valence-corrected chi connectivity index (χ0v) is 18.6. The summed E-state index contributed by atoms with van der Waals surface area (Å²) in [4.78, 5) is 33.5. The molecule has 0 N–H and O–H groups in total. The standard InChI is InChI=1S/C21H24ClN3O5S/c22-16-2-1-3-17(10-16)29-14-21(11-19(26)24-4-7-28-8-5-24)13-25(6-9-30-21)20(27)18-12-31-15-23-18/h1-3,10,12,15H,4-9,11,13-14H2. The van der Waals surface area contributed by atoms with Gasteiger partial charge in [-0.25, -0.2) is 4.98 Å². The highest BCUT2D eigenvalue weighted by molar-refractivity contribution is 7.07. The van der Waals surface area contributed by atoms with Gasteiger partial charge in [0.15, 0.2) is 0 Å². The normalized spacial score (nSPS) is 21.7. The molecule has 2 aliphatic rings. The molecule has 31 heavy (non-hydrogen) atoms. The second-order valence-corrected chi connectivity index (χ2v) is 8.70. The van der Waals surface area contributed by atoms with Crippen molar-refractivity contribution in [2.45, 2.75) is 12.0 Å². The monoisotopic (exact) mass is 465 g/mol. The van der Waals surface area contributed by atoms with Gasteiger partial charge in [0.1, 0.15) is 23.7 Å². The summed E-state index contributed by atoms with van der Waals surface area (Å²) >= 11 is 7.44. The maximum atomic E-state index is 13.0. The molecular formula is C21H24ClN3O5S. The second-order valence-electron chi connectivity index (χ2n) is 7.55. The number of carbonyl (C=O) groups excluding carboxylic acids is 2. The first kappa shape index (κ1) is 22.0. The van der Waals surface area contributed by atoms with Crippen LogP contribution in [0.4, 0.5) is 0 Å². The first-order valence-corrected chi connectivity index (χ1v) is 11.4. The van der Waals surface area contributed by atoms with Gasteiger partial charge in [-0.2, -0.15) is 0 Å². The Bertz CT molecular complexity index is 906. The third-order valence-corrected chi connectivity index (χ3v) is 6.14. The summed E-state index contributed by atoms with van der Waals surface area (Å²) in [5.74, 6) is 0.369. The topological polar surface area (TPSA) is 81.2 Å². The summed E-state index contributed by atoms with van der Waals surface area (Å²) in [6.45, 7) is 3.23. The Hall–Kier alpha value is -2.20. The molecule has 2 saturated heterocycles. The number of carbonyl (C=O) groups is 2. The number of aromatic nitrogens is 1. The van der Waals surface area contributed by atoms with Crippen molar-refractivity contribution in [3.05, 3.63) is 45.9 Å². The van der Waals surface area contributed by atoms with Crippen LogP contribution in [-0.2, 0) is 14.3 Å². The Kier molecular flexibility index (Phi) is 7.06. The molecule has 0 radical (unpaired) electrons. The van der Waals surface area contributed by atoms with E-state index in [0.29, 0.717) is 55.9 Å². The molecule has 2 aromatic rings. The first-order chi connectivity index (χ1) is 15.0. The summed E-state index contributed by atoms with van der Waals surface area (Å²) < 4.78 is 17.5. The number of morpholine rings is 2. The Labute approximate surface area is 189 Å². The van der Waals surface area contributed by atoms with E-state index in [1.54, 1.807) is 45.0 Å². The Morgan fingerprint density at radius 1 is 1.19 bits per heavy atom. The van der Waals surface area contributed by atoms with E-state index in [1.807, 2.05) is 0 Å². The molecule has 1 aromatic carbocycles. The van der Waals surface area contributed by atoms with E-state index in [9.17, 15) is 9.59 Å². The van der Waals surface area contributed by atoms with Gasteiger partial charge in [0.2, 0.25) is 5.91 Å². The lowest BCUT2D eigenvalue weighted by molar-refractivity contribution is -0.155. The molecule has 1 atom stereocenters. The van der Waals surface area contributed by atoms with Crippen molar-refractivity contribution < 1.29 is 23.8 Å². The van der Waals surface area contributed by atoms with Crippen molar-refractivity contribution >= 4 is 34.8 Å². The SMILES string of the molecule is O=C(CC1(COc2cccc(Cl)c2)CN(C(=O)c2cscn2)CCO1)N1CCOCC1. The number of benzene rings is 1. The Balaban J connectivity index is 1.52. The molecule has 0 saturated carbocycles. The molecule has 8 nitrogen and oxygen atoms in total. The van der Waals surface area contributed by atoms with E-state index in [0.717, 1.165) is 0 Å². The number of ether oxygens (including phenoxy) is 3. The van der Waals surface area contributed by atoms with Gasteiger partial charge in [0.05, 0.1) is 38.3 Å². The van der Waals surface area contributed by atoms with Crippen LogP contribution in [0.2, 0.25) is 5.02 Å². The lowest BCUT2D eigenvalue weighted by Crippen LogP contribution is -2.58. The van der Waals surface area contributed by atoms with Gasteiger partial charge >= 0.3 is 0 Å². The number of rotatable bonds is 6. The van der Waals surface area contributed by atoms with Gasteiger partial charge in [0.25, 0.3) is 5.91 Å². The molecule has 0 aliphatic carbocycles. The zero-order valence-electron chi connectivity index (χ0n) is 17.0. The smallest absolute Gasteiger partial charge is 0.273 e. The predicted octanol–water partition coefficient (Wildman–Crippen LogP) is 2.34. The van der Waals surface area contributed by atoms with E-state index in [4.69, 9.17) is 25.8 Å². The number of amides is 2. The number of nitrogens with zero attached hydrogens (tertiary/aromatic N) is 3. The van der Waals surface area contributed by atoms with Crippen molar-refractivity contribution in [3.8, 4) is 5.75 Å². The minimum Gasteiger partial charge on any atom is -0.490 e. The molecular weight excluding hydrogens is 442 g/mol. The fourth-order valence-corrected chi connectivity index (χ4v) is 4.42. The van der Waals surface area contributed by atoms with Crippen molar-refractivity contribution in [3.63, 3.8) is 0 Å². The summed E-state index contributed by atoms with van der Waals surface area (Å²) in [6.07, 6.45) is 0.106. The predicted molar refractivity (Wildman–Crippen MR) is 116 cm³/mol. The van der Waals surface area contributed by atoms with Crippen LogP contribution in [0.25, 0.3) is 0 Å². The number of halogens is 1. The molecule has 4 rings (SSSR count). The second kappa shape index (κ2) is 9.95. The lowest BCUT2D eigenvalue weighted by atomic mass is 9.96. The van der Waals surface area contributed by atoms with Crippen LogP contribution in [0.1, 0.15) is 16.9 Å². The highest BCUT2D eigenvalue weighted by Gasteiger charge is 2.42. The maximum Gasteiger partial charge on any atom is 0.273 e. The van der Waals surface area contributed by atoms with Crippen LogP contribution < -0.4 is 4.74 Å². The molecule has 1 aromatic heterocycles. The van der Waals surface area contributed by atoms with E-state index in [-0.39, 0.29) is 31.4 Å². The zero-order chi connectivity index (χ0) is 21.7. The summed E-state index contributed by atoms with van der Waals surface area (Å²) in [6, 6.07) is 7.06. The molecule has 10 heteroatoms. The largest absolute Gasteiger partial charge is 0.490 e. The molecule has 166 valence electrons. The average Bonchev–Trinajstić information content (AvgIpc) is 3.33. The summed E-state index contributed by atoms with van der Waals surface area (Å²) in [7, 11) is 0. The summed E-state index contributed by atoms with van der Waals surface area (Å²) in [5.41, 5.74) is 1.06. The van der Waals surface area contributed by atoms with Crippen LogP contribution in [0.5, 0.6) is 5.75 Å². The maximum absolute atomic E-state index is 13.0. The molecule has 2 fully saturated rings. The van der Waals surface area contributed by atoms with Crippen LogP contribution in [0.3, 0.4) is 0 Å². The van der Waals surface area contributed by atoms with Gasteiger partial charge in [-0.05, 0) is 18.2 Å². The molecule has 3 heterocycles. The van der Waals surface area contributed by atoms with Crippen molar-refractivity contribution in [2.24, 2.45) is 0 Å². The van der Waals surface area contributed by atoms with E-state index in [2.05, 4.69) is 4.98 Å². The van der Waals surface area contributed by atoms with E-state index in [1.165, 1.54) is 11.3 Å². The van der Waals surface area contributed by atoms with Gasteiger partial charge in [-0.15, -0.1) is 11.3 Å². The molecule has 0 bridgehead atoms. The third-order valence-electron chi connectivity index (χ3n) is 5.32. The van der Waals surface area contributed by atoms with Crippen LogP contribution in [-0.4, -0.2) is 84.8 Å². The Morgan fingerprint density at radius 3 is 2.74 bits per heavy atom. The third kappa shape index (κ3) is 5.54. The van der Waals surface area contributed by atoms with Gasteiger partial charge < -0.3 is 24.0 Å². The molecule has 2 amide bonds. The fourth-order valence-electron chi connectivity index (χ4n) is 3.72. The first-order valence-electron chi connectivity index (χ1n) is 10.1. The molecule has 0 spiro atoms. The van der Waals surface area contributed by atoms with E-state index < -0.39 is 5.60 Å². The Morgan fingerprint density at radius 2 is 2.00 bits per heavy atom. The quantitative estimate of drug-likeness (QED) is 0.651. The van der Waals surface area contributed by atoms with Crippen molar-refractivity contribution in [1.29, 1.82) is 0 Å². The minimum atomic E-state index is -0.971. The average molecular weight is 466 g/mol. The molecule has 2 aliphatic heterocycles. The minimum absolute atomic E-state index is 0.0408. The highest BCUT2D eigenvalue weighted by Crippen LogP contribution is 2.27. The highest BCUT2D eigenvalue weighted by atomic mass is 35.5. The fraction of sp³-hybridized carbons (Fsp3) is 0.476. The van der Waals surface area contributed by atoms with Gasteiger partial charge in [-0.1, -0.05) is 17.7 Å². The summed E-state index contributed by atoms with van der Waals surface area (Å²) in [5, 5.41) is 2.28. The number of thiazole rings is 1. The lowest BCUT2D eigenvalue weighted by Gasteiger charge is -2.43. The molecule has 1 unspecified atom stereocenters. The number of hydrogen-bond donors (Lipinski definition) is 0. The van der Waals surface area contributed by atoms with Crippen molar-refractivity contribution in [1.82, 2.24) is 14.8 Å². The van der Waals surface area contributed by atoms with Crippen LogP contribution >= 0.6 is 22.9 Å². The van der Waals surface area contributed by atoms with Crippen LogP contribution in [0.15, 0.2) is 35.2 Å².